The molecule has 1 aliphatic carbocycles. The number of rotatable bonds is 9. The molecule has 1 amide bonds. The fourth-order valence-corrected chi connectivity index (χ4v) is 3.33. The van der Waals surface area contributed by atoms with Gasteiger partial charge in [-0.25, -0.2) is 0 Å². The minimum Gasteiger partial charge on any atom is -0.493 e. The van der Waals surface area contributed by atoms with Crippen LogP contribution in [-0.4, -0.2) is 25.5 Å². The van der Waals surface area contributed by atoms with Gasteiger partial charge in [-0.05, 0) is 67.1 Å². The Labute approximate surface area is 217 Å². The van der Waals surface area contributed by atoms with Gasteiger partial charge in [-0.1, -0.05) is 24.3 Å². The zero-order chi connectivity index (χ0) is 23.0. The molecule has 0 aliphatic heterocycles. The van der Waals surface area contributed by atoms with E-state index >= 15 is 0 Å². The molecule has 1 saturated carbocycles. The van der Waals surface area contributed by atoms with Gasteiger partial charge in [-0.2, -0.15) is 0 Å². The first kappa shape index (κ1) is 25.6. The molecule has 0 radical (unpaired) electrons. The molecular formula is C26H31IN4O3. The van der Waals surface area contributed by atoms with E-state index in [0.29, 0.717) is 30.7 Å². The maximum absolute atomic E-state index is 12.1. The summed E-state index contributed by atoms with van der Waals surface area (Å²) in [4.78, 5) is 16.4. The molecule has 0 saturated heterocycles. The van der Waals surface area contributed by atoms with Crippen LogP contribution in [0, 0.1) is 12.8 Å². The quantitative estimate of drug-likeness (QED) is 0.188. The van der Waals surface area contributed by atoms with Gasteiger partial charge in [0.2, 0.25) is 0 Å². The number of halogens is 1. The fraction of sp³-hybridized carbons (Fsp3) is 0.308. The number of hydrogen-bond acceptors (Lipinski definition) is 4. The first-order valence-electron chi connectivity index (χ1n) is 11.2. The van der Waals surface area contributed by atoms with Gasteiger partial charge in [0.25, 0.3) is 5.91 Å². The molecule has 0 atom stereocenters. The fourth-order valence-electron chi connectivity index (χ4n) is 3.33. The van der Waals surface area contributed by atoms with Gasteiger partial charge >= 0.3 is 0 Å². The molecule has 0 bridgehead atoms. The van der Waals surface area contributed by atoms with Gasteiger partial charge in [-0.3, -0.25) is 9.79 Å². The van der Waals surface area contributed by atoms with Crippen LogP contribution in [0.3, 0.4) is 0 Å². The Hall–Kier alpha value is -3.01. The summed E-state index contributed by atoms with van der Waals surface area (Å²) in [5, 5.41) is 9.50. The van der Waals surface area contributed by atoms with Crippen LogP contribution in [0.15, 0.2) is 70.3 Å². The number of ether oxygens (including phenoxy) is 1. The molecule has 0 unspecified atom stereocenters. The number of benzene rings is 2. The van der Waals surface area contributed by atoms with Gasteiger partial charge < -0.3 is 25.1 Å². The number of anilines is 1. The molecule has 7 nitrogen and oxygen atoms in total. The lowest BCUT2D eigenvalue weighted by Gasteiger charge is -2.15. The van der Waals surface area contributed by atoms with Crippen LogP contribution in [0.25, 0.3) is 0 Å². The highest BCUT2D eigenvalue weighted by atomic mass is 127. The summed E-state index contributed by atoms with van der Waals surface area (Å²) in [6.07, 6.45) is 4.02. The van der Waals surface area contributed by atoms with E-state index in [1.54, 1.807) is 19.2 Å². The van der Waals surface area contributed by atoms with E-state index in [2.05, 4.69) is 46.1 Å². The van der Waals surface area contributed by atoms with Crippen molar-refractivity contribution < 1.29 is 13.9 Å². The predicted molar refractivity (Wildman–Crippen MR) is 145 cm³/mol. The molecule has 0 spiro atoms. The maximum atomic E-state index is 12.1. The van der Waals surface area contributed by atoms with Gasteiger partial charge in [0.15, 0.2) is 11.7 Å². The summed E-state index contributed by atoms with van der Waals surface area (Å²) in [5.74, 6) is 2.37. The van der Waals surface area contributed by atoms with Crippen LogP contribution in [0.4, 0.5) is 5.69 Å². The Kier molecular flexibility index (Phi) is 9.38. The van der Waals surface area contributed by atoms with Gasteiger partial charge in [-0.15, -0.1) is 24.0 Å². The molecule has 8 heteroatoms. The second-order valence-electron chi connectivity index (χ2n) is 8.27. The van der Waals surface area contributed by atoms with E-state index in [1.807, 2.05) is 24.3 Å². The van der Waals surface area contributed by atoms with Crippen molar-refractivity contribution in [2.24, 2.45) is 10.9 Å². The highest BCUT2D eigenvalue weighted by molar-refractivity contribution is 14.0. The van der Waals surface area contributed by atoms with Crippen molar-refractivity contribution in [1.29, 1.82) is 0 Å². The van der Waals surface area contributed by atoms with Crippen LogP contribution < -0.4 is 20.7 Å². The number of aliphatic imine (C=N–C) groups is 1. The zero-order valence-electron chi connectivity index (χ0n) is 19.5. The Bertz CT molecular complexity index is 1090. The molecule has 1 heterocycles. The summed E-state index contributed by atoms with van der Waals surface area (Å²) in [5.41, 5.74) is 4.08. The highest BCUT2D eigenvalue weighted by Crippen LogP contribution is 2.30. The van der Waals surface area contributed by atoms with Crippen molar-refractivity contribution in [3.63, 3.8) is 0 Å². The van der Waals surface area contributed by atoms with Crippen LogP contribution in [-0.2, 0) is 13.1 Å². The number of amides is 1. The van der Waals surface area contributed by atoms with Crippen molar-refractivity contribution in [1.82, 2.24) is 10.6 Å². The smallest absolute Gasteiger partial charge is 0.291 e. The Morgan fingerprint density at radius 2 is 1.85 bits per heavy atom. The summed E-state index contributed by atoms with van der Waals surface area (Å²) in [6, 6.07) is 17.3. The average molecular weight is 574 g/mol. The number of guanidine groups is 1. The monoisotopic (exact) mass is 574 g/mol. The lowest BCUT2D eigenvalue weighted by molar-refractivity contribution is 0.0996. The van der Waals surface area contributed by atoms with Crippen LogP contribution in [0.1, 0.15) is 40.1 Å². The van der Waals surface area contributed by atoms with Crippen molar-refractivity contribution in [3.05, 3.63) is 83.3 Å². The number of aryl methyl sites for hydroxylation is 1. The van der Waals surface area contributed by atoms with Crippen molar-refractivity contribution in [2.75, 3.05) is 19.0 Å². The number of carbonyl (C=O) groups is 1. The number of furan rings is 1. The highest BCUT2D eigenvalue weighted by Gasteiger charge is 2.22. The first-order chi connectivity index (χ1) is 16.1. The van der Waals surface area contributed by atoms with E-state index in [1.165, 1.54) is 24.7 Å². The molecule has 1 aromatic heterocycles. The van der Waals surface area contributed by atoms with Crippen LogP contribution in [0.2, 0.25) is 0 Å². The summed E-state index contributed by atoms with van der Waals surface area (Å²) in [7, 11) is 1.75. The van der Waals surface area contributed by atoms with Crippen LogP contribution in [0.5, 0.6) is 5.75 Å². The molecule has 1 fully saturated rings. The van der Waals surface area contributed by atoms with Gasteiger partial charge in [0.1, 0.15) is 5.75 Å². The van der Waals surface area contributed by atoms with Crippen molar-refractivity contribution >= 4 is 41.5 Å². The zero-order valence-corrected chi connectivity index (χ0v) is 21.8. The largest absolute Gasteiger partial charge is 0.493 e. The normalized spacial score (nSPS) is 13.1. The summed E-state index contributed by atoms with van der Waals surface area (Å²) >= 11 is 0. The number of nitrogens with one attached hydrogen (secondary N) is 3. The predicted octanol–water partition coefficient (Wildman–Crippen LogP) is 5.11. The Morgan fingerprint density at radius 3 is 2.53 bits per heavy atom. The molecular weight excluding hydrogens is 543 g/mol. The third-order valence-corrected chi connectivity index (χ3v) is 5.48. The molecule has 180 valence electrons. The van der Waals surface area contributed by atoms with E-state index in [0.717, 1.165) is 23.5 Å². The van der Waals surface area contributed by atoms with Gasteiger partial charge in [0.05, 0.1) is 12.9 Å². The third-order valence-electron chi connectivity index (χ3n) is 5.48. The second-order valence-corrected chi connectivity index (χ2v) is 8.27. The Balaban J connectivity index is 0.00000324. The molecule has 3 N–H and O–H groups in total. The van der Waals surface area contributed by atoms with E-state index in [4.69, 9.17) is 9.15 Å². The molecule has 2 aromatic carbocycles. The van der Waals surface area contributed by atoms with E-state index < -0.39 is 0 Å². The standard InChI is InChI=1S/C26H30N4O3.HI/c1-18-5-10-21(24(14-18)33-17-20-6-7-20)16-29-26(27-2)28-15-19-8-11-22(12-9-19)30-25(31)23-4-3-13-32-23;/h3-5,8-14,20H,6-7,15-17H2,1-2H3,(H,30,31)(H2,27,28,29);1H. The van der Waals surface area contributed by atoms with E-state index in [-0.39, 0.29) is 35.6 Å². The third kappa shape index (κ3) is 7.51. The van der Waals surface area contributed by atoms with Crippen LogP contribution >= 0.6 is 24.0 Å². The molecule has 3 aromatic rings. The van der Waals surface area contributed by atoms with E-state index in [9.17, 15) is 4.79 Å². The topological polar surface area (TPSA) is 87.9 Å². The minimum absolute atomic E-state index is 0. The number of carbonyl (C=O) groups excluding carboxylic acids is 1. The molecule has 4 rings (SSSR count). The Morgan fingerprint density at radius 1 is 1.09 bits per heavy atom. The number of hydrogen-bond donors (Lipinski definition) is 3. The summed E-state index contributed by atoms with van der Waals surface area (Å²) < 4.78 is 11.2. The first-order valence-corrected chi connectivity index (χ1v) is 11.2. The maximum Gasteiger partial charge on any atom is 0.291 e. The lowest BCUT2D eigenvalue weighted by atomic mass is 10.1. The molecule has 34 heavy (non-hydrogen) atoms. The minimum atomic E-state index is -0.271. The average Bonchev–Trinajstić information content (AvgIpc) is 3.49. The van der Waals surface area contributed by atoms with Crippen molar-refractivity contribution in [2.45, 2.75) is 32.9 Å². The summed E-state index contributed by atoms with van der Waals surface area (Å²) in [6.45, 7) is 4.10. The second kappa shape index (κ2) is 12.5. The SMILES string of the molecule is CN=C(NCc1ccc(NC(=O)c2ccco2)cc1)NCc1ccc(C)cc1OCC1CC1.I. The molecule has 1 aliphatic rings. The van der Waals surface area contributed by atoms with Gasteiger partial charge in [0, 0.05) is 31.4 Å². The number of nitrogens with zero attached hydrogens (tertiary/aromatic N) is 1. The van der Waals surface area contributed by atoms with Crippen molar-refractivity contribution in [3.8, 4) is 5.75 Å². The lowest BCUT2D eigenvalue weighted by Crippen LogP contribution is -2.36.